The maximum absolute atomic E-state index is 10.8. The standard InChI is InChI=1S/C17H15ClN4O2/c1-10-12(18)6-4-8-13(10)20-17-21-14-7-3-2-5-11(14)16(22-17)19-9-15(23)24/h2-8H,9H2,1H3,(H,23,24)(H2,19,20,21,22). The number of hydrogen-bond donors (Lipinski definition) is 3. The summed E-state index contributed by atoms with van der Waals surface area (Å²) in [6.07, 6.45) is 0. The number of anilines is 3. The fraction of sp³-hybridized carbons (Fsp3) is 0.118. The first-order chi connectivity index (χ1) is 11.5. The minimum atomic E-state index is -0.960. The number of para-hydroxylation sites is 1. The highest BCUT2D eigenvalue weighted by Gasteiger charge is 2.10. The molecule has 0 aliphatic rings. The number of hydrogen-bond acceptors (Lipinski definition) is 5. The van der Waals surface area contributed by atoms with E-state index in [9.17, 15) is 4.79 Å². The van der Waals surface area contributed by atoms with Crippen molar-refractivity contribution in [1.82, 2.24) is 9.97 Å². The molecule has 2 aromatic carbocycles. The van der Waals surface area contributed by atoms with Crippen LogP contribution in [-0.2, 0) is 4.79 Å². The van der Waals surface area contributed by atoms with E-state index >= 15 is 0 Å². The van der Waals surface area contributed by atoms with Gasteiger partial charge in [0.15, 0.2) is 0 Å². The highest BCUT2D eigenvalue weighted by Crippen LogP contribution is 2.27. The van der Waals surface area contributed by atoms with Crippen molar-refractivity contribution < 1.29 is 9.90 Å². The second-order valence-corrected chi connectivity index (χ2v) is 5.60. The molecule has 0 atom stereocenters. The Kier molecular flexibility index (Phi) is 4.48. The van der Waals surface area contributed by atoms with E-state index in [0.29, 0.717) is 22.3 Å². The maximum atomic E-state index is 10.8. The number of nitrogens with one attached hydrogen (secondary N) is 2. The largest absolute Gasteiger partial charge is 0.480 e. The van der Waals surface area contributed by atoms with Crippen molar-refractivity contribution >= 4 is 45.9 Å². The van der Waals surface area contributed by atoms with Crippen LogP contribution in [0.1, 0.15) is 5.56 Å². The van der Waals surface area contributed by atoms with Gasteiger partial charge in [0.1, 0.15) is 12.4 Å². The van der Waals surface area contributed by atoms with Crippen molar-refractivity contribution in [3.63, 3.8) is 0 Å². The van der Waals surface area contributed by atoms with Gasteiger partial charge in [0.25, 0.3) is 0 Å². The number of aliphatic carboxylic acids is 1. The lowest BCUT2D eigenvalue weighted by Gasteiger charge is -2.12. The van der Waals surface area contributed by atoms with Gasteiger partial charge in [-0.3, -0.25) is 4.79 Å². The molecule has 0 spiro atoms. The summed E-state index contributed by atoms with van der Waals surface area (Å²) in [4.78, 5) is 19.7. The van der Waals surface area contributed by atoms with Crippen molar-refractivity contribution in [3.8, 4) is 0 Å². The van der Waals surface area contributed by atoms with Crippen LogP contribution in [0.15, 0.2) is 42.5 Å². The Labute approximate surface area is 143 Å². The predicted molar refractivity (Wildman–Crippen MR) is 95.1 cm³/mol. The van der Waals surface area contributed by atoms with Gasteiger partial charge in [-0.15, -0.1) is 0 Å². The summed E-state index contributed by atoms with van der Waals surface area (Å²) < 4.78 is 0. The van der Waals surface area contributed by atoms with Crippen LogP contribution in [0.2, 0.25) is 5.02 Å². The fourth-order valence-corrected chi connectivity index (χ4v) is 2.46. The number of carboxylic acid groups (broad SMARTS) is 1. The molecule has 3 N–H and O–H groups in total. The van der Waals surface area contributed by atoms with E-state index in [4.69, 9.17) is 16.7 Å². The van der Waals surface area contributed by atoms with E-state index in [1.165, 1.54) is 0 Å². The van der Waals surface area contributed by atoms with Crippen LogP contribution in [0.25, 0.3) is 10.9 Å². The van der Waals surface area contributed by atoms with Crippen LogP contribution in [0, 0.1) is 6.92 Å². The van der Waals surface area contributed by atoms with E-state index in [2.05, 4.69) is 20.6 Å². The van der Waals surface area contributed by atoms with Gasteiger partial charge in [-0.2, -0.15) is 4.98 Å². The third-order valence-electron chi connectivity index (χ3n) is 3.52. The molecule has 0 unspecified atom stereocenters. The van der Waals surface area contributed by atoms with Crippen LogP contribution < -0.4 is 10.6 Å². The van der Waals surface area contributed by atoms with E-state index < -0.39 is 5.97 Å². The minimum Gasteiger partial charge on any atom is -0.480 e. The quantitative estimate of drug-likeness (QED) is 0.653. The molecule has 0 saturated carbocycles. The molecular weight excluding hydrogens is 328 g/mol. The number of rotatable bonds is 5. The predicted octanol–water partition coefficient (Wildman–Crippen LogP) is 3.83. The van der Waals surface area contributed by atoms with Crippen molar-refractivity contribution in [1.29, 1.82) is 0 Å². The zero-order chi connectivity index (χ0) is 17.1. The van der Waals surface area contributed by atoms with E-state index in [1.807, 2.05) is 49.4 Å². The molecule has 0 amide bonds. The van der Waals surface area contributed by atoms with Crippen LogP contribution >= 0.6 is 11.6 Å². The lowest BCUT2D eigenvalue weighted by Crippen LogP contribution is -2.14. The number of halogens is 1. The summed E-state index contributed by atoms with van der Waals surface area (Å²) >= 11 is 6.13. The van der Waals surface area contributed by atoms with Crippen molar-refractivity contribution in [2.75, 3.05) is 17.2 Å². The van der Waals surface area contributed by atoms with Gasteiger partial charge in [-0.1, -0.05) is 29.8 Å². The fourth-order valence-electron chi connectivity index (χ4n) is 2.29. The molecule has 0 bridgehead atoms. The van der Waals surface area contributed by atoms with E-state index in [0.717, 1.165) is 16.6 Å². The summed E-state index contributed by atoms with van der Waals surface area (Å²) in [5, 5.41) is 16.2. The van der Waals surface area contributed by atoms with Crippen molar-refractivity contribution in [2.24, 2.45) is 0 Å². The number of carbonyl (C=O) groups is 1. The minimum absolute atomic E-state index is 0.226. The first-order valence-electron chi connectivity index (χ1n) is 7.29. The van der Waals surface area contributed by atoms with Gasteiger partial charge in [0.2, 0.25) is 5.95 Å². The van der Waals surface area contributed by atoms with E-state index in [-0.39, 0.29) is 6.54 Å². The molecule has 7 heteroatoms. The average Bonchev–Trinajstić information content (AvgIpc) is 2.57. The molecule has 6 nitrogen and oxygen atoms in total. The second-order valence-electron chi connectivity index (χ2n) is 5.20. The maximum Gasteiger partial charge on any atom is 0.322 e. The SMILES string of the molecule is Cc1c(Cl)cccc1Nc1nc(NCC(=O)O)c2ccccc2n1. The number of fused-ring (bicyclic) bond motifs is 1. The van der Waals surface area contributed by atoms with E-state index in [1.54, 1.807) is 0 Å². The summed E-state index contributed by atoms with van der Waals surface area (Å²) in [5.41, 5.74) is 2.39. The topological polar surface area (TPSA) is 87.1 Å². The van der Waals surface area contributed by atoms with Gasteiger partial charge in [-0.25, -0.2) is 4.98 Å². The first-order valence-corrected chi connectivity index (χ1v) is 7.67. The highest BCUT2D eigenvalue weighted by molar-refractivity contribution is 6.31. The molecule has 0 radical (unpaired) electrons. The Morgan fingerprint density at radius 3 is 2.75 bits per heavy atom. The van der Waals surface area contributed by atoms with Crippen LogP contribution in [-0.4, -0.2) is 27.6 Å². The normalized spacial score (nSPS) is 10.6. The second kappa shape index (κ2) is 6.72. The monoisotopic (exact) mass is 342 g/mol. The van der Waals surface area contributed by atoms with Gasteiger partial charge >= 0.3 is 5.97 Å². The summed E-state index contributed by atoms with van der Waals surface area (Å²) in [6.45, 7) is 1.67. The van der Waals surface area contributed by atoms with Crippen LogP contribution in [0.3, 0.4) is 0 Å². The van der Waals surface area contributed by atoms with Gasteiger partial charge in [0.05, 0.1) is 5.52 Å². The molecule has 0 aliphatic carbocycles. The average molecular weight is 343 g/mol. The Hall–Kier alpha value is -2.86. The molecule has 0 fully saturated rings. The smallest absolute Gasteiger partial charge is 0.322 e. The molecule has 0 aliphatic heterocycles. The summed E-state index contributed by atoms with van der Waals surface area (Å²) in [7, 11) is 0. The molecule has 3 aromatic rings. The Morgan fingerprint density at radius 1 is 1.17 bits per heavy atom. The first kappa shape index (κ1) is 16.0. The Morgan fingerprint density at radius 2 is 1.96 bits per heavy atom. The molecule has 24 heavy (non-hydrogen) atoms. The van der Waals surface area contributed by atoms with Crippen molar-refractivity contribution in [2.45, 2.75) is 6.92 Å². The lowest BCUT2D eigenvalue weighted by molar-refractivity contribution is -0.134. The van der Waals surface area contributed by atoms with Gasteiger partial charge in [0, 0.05) is 16.1 Å². The Bertz CT molecular complexity index is 914. The number of nitrogens with zero attached hydrogens (tertiary/aromatic N) is 2. The third kappa shape index (κ3) is 3.38. The molecule has 122 valence electrons. The number of carboxylic acids is 1. The summed E-state index contributed by atoms with van der Waals surface area (Å²) in [6, 6.07) is 12.9. The highest BCUT2D eigenvalue weighted by atomic mass is 35.5. The van der Waals surface area contributed by atoms with Gasteiger partial charge in [-0.05, 0) is 36.8 Å². The number of benzene rings is 2. The molecule has 1 aromatic heterocycles. The van der Waals surface area contributed by atoms with Crippen molar-refractivity contribution in [3.05, 3.63) is 53.1 Å². The molecule has 0 saturated heterocycles. The van der Waals surface area contributed by atoms with Gasteiger partial charge < -0.3 is 15.7 Å². The number of aromatic nitrogens is 2. The molecular formula is C17H15ClN4O2. The zero-order valence-corrected chi connectivity index (χ0v) is 13.6. The molecule has 1 heterocycles. The van der Waals surface area contributed by atoms with Crippen LogP contribution in [0.5, 0.6) is 0 Å². The zero-order valence-electron chi connectivity index (χ0n) is 12.9. The molecule has 3 rings (SSSR count). The lowest BCUT2D eigenvalue weighted by atomic mass is 10.2. The van der Waals surface area contributed by atoms with Crippen LogP contribution in [0.4, 0.5) is 17.5 Å². The third-order valence-corrected chi connectivity index (χ3v) is 3.93. The Balaban J connectivity index is 2.01. The summed E-state index contributed by atoms with van der Waals surface area (Å²) in [5.74, 6) is -0.130.